The number of nitrogens with one attached hydrogen (secondary N) is 1. The van der Waals surface area contributed by atoms with E-state index in [4.69, 9.17) is 11.6 Å². The standard InChI is InChI=1S/C21H23ClF2N2O2S/c22-16-12-20(18(24)13-17(16)23)29(27,28)25-9-1-2-10-26-11-8-15-5-3-4-14-6-7-19(26)21(14)15/h3-5,12-13,19,25H,1-2,6-11H2. The molecule has 29 heavy (non-hydrogen) atoms. The van der Waals surface area contributed by atoms with E-state index >= 15 is 0 Å². The zero-order valence-corrected chi connectivity index (χ0v) is 17.5. The second-order valence-corrected chi connectivity index (χ2v) is 9.77. The molecule has 0 bridgehead atoms. The Morgan fingerprint density at radius 1 is 1.10 bits per heavy atom. The molecule has 8 heteroatoms. The number of rotatable bonds is 7. The van der Waals surface area contributed by atoms with E-state index < -0.39 is 31.6 Å². The number of sulfonamides is 1. The van der Waals surface area contributed by atoms with Crippen molar-refractivity contribution in [2.24, 2.45) is 0 Å². The highest BCUT2D eigenvalue weighted by molar-refractivity contribution is 7.89. The van der Waals surface area contributed by atoms with Gasteiger partial charge in [-0.1, -0.05) is 29.8 Å². The van der Waals surface area contributed by atoms with E-state index in [1.165, 1.54) is 16.7 Å². The third kappa shape index (κ3) is 4.19. The molecular formula is C21H23ClF2N2O2S. The molecular weight excluding hydrogens is 418 g/mol. The van der Waals surface area contributed by atoms with Gasteiger partial charge in [0.05, 0.1) is 5.02 Å². The largest absolute Gasteiger partial charge is 0.296 e. The van der Waals surface area contributed by atoms with Crippen LogP contribution in [0, 0.1) is 11.6 Å². The lowest BCUT2D eigenvalue weighted by atomic mass is 9.93. The molecule has 1 heterocycles. The van der Waals surface area contributed by atoms with Crippen LogP contribution in [0.2, 0.25) is 5.02 Å². The normalized spacial score (nSPS) is 18.8. The Balaban J connectivity index is 1.29. The minimum atomic E-state index is -4.07. The molecule has 1 unspecified atom stereocenters. The van der Waals surface area contributed by atoms with E-state index in [2.05, 4.69) is 27.8 Å². The fourth-order valence-electron chi connectivity index (χ4n) is 4.45. The third-order valence-electron chi connectivity index (χ3n) is 5.84. The summed E-state index contributed by atoms with van der Waals surface area (Å²) < 4.78 is 54.0. The van der Waals surface area contributed by atoms with Gasteiger partial charge in [0.1, 0.15) is 16.5 Å². The highest BCUT2D eigenvalue weighted by Gasteiger charge is 2.32. The Bertz CT molecular complexity index is 1030. The van der Waals surface area contributed by atoms with Crippen molar-refractivity contribution in [2.75, 3.05) is 19.6 Å². The number of nitrogens with zero attached hydrogens (tertiary/aromatic N) is 1. The fourth-order valence-corrected chi connectivity index (χ4v) is 5.84. The van der Waals surface area contributed by atoms with Crippen molar-refractivity contribution in [3.63, 3.8) is 0 Å². The summed E-state index contributed by atoms with van der Waals surface area (Å²) in [6.45, 7) is 2.11. The van der Waals surface area contributed by atoms with Gasteiger partial charge >= 0.3 is 0 Å². The summed E-state index contributed by atoms with van der Waals surface area (Å²) in [6, 6.07) is 8.36. The number of aryl methyl sites for hydroxylation is 1. The Morgan fingerprint density at radius 3 is 2.66 bits per heavy atom. The lowest BCUT2D eigenvalue weighted by Crippen LogP contribution is -2.35. The summed E-state index contributed by atoms with van der Waals surface area (Å²) in [5, 5.41) is -0.423. The highest BCUT2D eigenvalue weighted by Crippen LogP contribution is 2.41. The minimum Gasteiger partial charge on any atom is -0.296 e. The molecule has 1 atom stereocenters. The van der Waals surface area contributed by atoms with E-state index in [0.717, 1.165) is 44.8 Å². The van der Waals surface area contributed by atoms with Crippen LogP contribution in [0.1, 0.15) is 42.0 Å². The first-order chi connectivity index (χ1) is 13.9. The molecule has 156 valence electrons. The Morgan fingerprint density at radius 2 is 1.86 bits per heavy atom. The summed E-state index contributed by atoms with van der Waals surface area (Å²) >= 11 is 5.59. The van der Waals surface area contributed by atoms with Gasteiger partial charge in [-0.2, -0.15) is 0 Å². The Kier molecular flexibility index (Phi) is 5.93. The SMILES string of the molecule is O=S(=O)(NCCCCN1CCc2cccc3c2C1CC3)c1cc(Cl)c(F)cc1F. The molecule has 0 saturated heterocycles. The second kappa shape index (κ2) is 8.30. The van der Waals surface area contributed by atoms with Crippen LogP contribution >= 0.6 is 11.6 Å². The first-order valence-corrected chi connectivity index (χ1v) is 11.7. The predicted octanol–water partition coefficient (Wildman–Crippen LogP) is 4.22. The summed E-state index contributed by atoms with van der Waals surface area (Å²) in [4.78, 5) is 1.86. The lowest BCUT2D eigenvalue weighted by Gasteiger charge is -2.35. The van der Waals surface area contributed by atoms with Gasteiger partial charge in [-0.05, 0) is 61.4 Å². The molecule has 4 nitrogen and oxygen atoms in total. The number of hydrogen-bond donors (Lipinski definition) is 1. The van der Waals surface area contributed by atoms with Crippen LogP contribution in [0.3, 0.4) is 0 Å². The Labute approximate surface area is 174 Å². The number of benzene rings is 2. The van der Waals surface area contributed by atoms with Crippen LogP contribution in [0.5, 0.6) is 0 Å². The van der Waals surface area contributed by atoms with Gasteiger partial charge in [-0.3, -0.25) is 4.90 Å². The van der Waals surface area contributed by atoms with Crippen molar-refractivity contribution in [1.82, 2.24) is 9.62 Å². The van der Waals surface area contributed by atoms with Gasteiger partial charge in [0.25, 0.3) is 0 Å². The van der Waals surface area contributed by atoms with Crippen molar-refractivity contribution >= 4 is 21.6 Å². The van der Waals surface area contributed by atoms with Gasteiger partial charge in [0, 0.05) is 25.2 Å². The van der Waals surface area contributed by atoms with Crippen LogP contribution in [-0.2, 0) is 22.9 Å². The van der Waals surface area contributed by atoms with E-state index in [1.54, 1.807) is 0 Å². The first kappa shape index (κ1) is 20.7. The van der Waals surface area contributed by atoms with Gasteiger partial charge in [-0.15, -0.1) is 0 Å². The average Bonchev–Trinajstić information content (AvgIpc) is 3.12. The van der Waals surface area contributed by atoms with Gasteiger partial charge in [0.2, 0.25) is 10.0 Å². The second-order valence-electron chi connectivity index (χ2n) is 7.63. The number of halogens is 3. The number of unbranched alkanes of at least 4 members (excludes halogenated alkanes) is 1. The molecule has 0 saturated carbocycles. The Hall–Kier alpha value is -1.54. The lowest BCUT2D eigenvalue weighted by molar-refractivity contribution is 0.182. The third-order valence-corrected chi connectivity index (χ3v) is 7.61. The summed E-state index contributed by atoms with van der Waals surface area (Å²) in [5.41, 5.74) is 4.43. The van der Waals surface area contributed by atoms with Crippen LogP contribution < -0.4 is 4.72 Å². The van der Waals surface area contributed by atoms with Crippen LogP contribution in [0.15, 0.2) is 35.2 Å². The molecule has 0 radical (unpaired) electrons. The molecule has 0 aromatic heterocycles. The maximum Gasteiger partial charge on any atom is 0.243 e. The van der Waals surface area contributed by atoms with Crippen LogP contribution in [-0.4, -0.2) is 33.0 Å². The fraction of sp³-hybridized carbons (Fsp3) is 0.429. The van der Waals surface area contributed by atoms with E-state index in [-0.39, 0.29) is 6.54 Å². The van der Waals surface area contributed by atoms with Gasteiger partial charge in [-0.25, -0.2) is 21.9 Å². The van der Waals surface area contributed by atoms with Crippen molar-refractivity contribution in [3.8, 4) is 0 Å². The number of hydrogen-bond acceptors (Lipinski definition) is 3. The molecule has 2 aromatic rings. The maximum atomic E-state index is 13.8. The summed E-state index contributed by atoms with van der Waals surface area (Å²) in [6.07, 6.45) is 4.78. The van der Waals surface area contributed by atoms with Crippen LogP contribution in [0.25, 0.3) is 0 Å². The zero-order chi connectivity index (χ0) is 20.6. The summed E-state index contributed by atoms with van der Waals surface area (Å²) in [5.74, 6) is -2.13. The molecule has 1 N–H and O–H groups in total. The van der Waals surface area contributed by atoms with E-state index in [0.29, 0.717) is 18.5 Å². The topological polar surface area (TPSA) is 49.4 Å². The van der Waals surface area contributed by atoms with Crippen molar-refractivity contribution in [2.45, 2.75) is 43.0 Å². The molecule has 0 fully saturated rings. The molecule has 0 spiro atoms. The van der Waals surface area contributed by atoms with Crippen molar-refractivity contribution in [1.29, 1.82) is 0 Å². The maximum absolute atomic E-state index is 13.8. The highest BCUT2D eigenvalue weighted by atomic mass is 35.5. The van der Waals surface area contributed by atoms with Gasteiger partial charge in [0.15, 0.2) is 0 Å². The minimum absolute atomic E-state index is 0.192. The monoisotopic (exact) mass is 440 g/mol. The molecule has 0 amide bonds. The van der Waals surface area contributed by atoms with Crippen molar-refractivity contribution < 1.29 is 17.2 Å². The molecule has 1 aliphatic carbocycles. The quantitative estimate of drug-likeness (QED) is 0.518. The average molecular weight is 441 g/mol. The van der Waals surface area contributed by atoms with E-state index in [1.807, 2.05) is 0 Å². The van der Waals surface area contributed by atoms with Crippen LogP contribution in [0.4, 0.5) is 8.78 Å². The first-order valence-electron chi connectivity index (χ1n) is 9.86. The van der Waals surface area contributed by atoms with Crippen molar-refractivity contribution in [3.05, 3.63) is 63.7 Å². The molecule has 4 rings (SSSR count). The molecule has 2 aliphatic rings. The molecule has 2 aromatic carbocycles. The molecule has 1 aliphatic heterocycles. The zero-order valence-electron chi connectivity index (χ0n) is 15.9. The predicted molar refractivity (Wildman–Crippen MR) is 109 cm³/mol. The van der Waals surface area contributed by atoms with E-state index in [9.17, 15) is 17.2 Å². The smallest absolute Gasteiger partial charge is 0.243 e. The summed E-state index contributed by atoms with van der Waals surface area (Å²) in [7, 11) is -4.07. The van der Waals surface area contributed by atoms with Gasteiger partial charge < -0.3 is 0 Å².